The third-order valence-electron chi connectivity index (χ3n) is 1.66. The van der Waals surface area contributed by atoms with Gasteiger partial charge >= 0.3 is 0 Å². The summed E-state index contributed by atoms with van der Waals surface area (Å²) in [6.07, 6.45) is 1.92. The van der Waals surface area contributed by atoms with Crippen molar-refractivity contribution < 1.29 is 9.23 Å². The van der Waals surface area contributed by atoms with Gasteiger partial charge in [0.05, 0.1) is 7.11 Å². The number of benzene rings is 1. The van der Waals surface area contributed by atoms with E-state index in [1.54, 1.807) is 13.2 Å². The van der Waals surface area contributed by atoms with E-state index in [2.05, 4.69) is 5.48 Å². The van der Waals surface area contributed by atoms with Gasteiger partial charge in [0.1, 0.15) is 5.82 Å². The molecule has 72 valence electrons. The molecule has 13 heavy (non-hydrogen) atoms. The fourth-order valence-corrected chi connectivity index (χ4v) is 1.65. The molecule has 2 nitrogen and oxygen atoms in total. The van der Waals surface area contributed by atoms with Crippen LogP contribution in [0.2, 0.25) is 0 Å². The Morgan fingerprint density at radius 1 is 1.54 bits per heavy atom. The summed E-state index contributed by atoms with van der Waals surface area (Å²) in [4.78, 5) is 5.66. The molecule has 0 unspecified atom stereocenters. The Morgan fingerprint density at radius 2 is 2.31 bits per heavy atom. The summed E-state index contributed by atoms with van der Waals surface area (Å²) in [7, 11) is 1.56. The molecule has 0 saturated carbocycles. The van der Waals surface area contributed by atoms with Crippen molar-refractivity contribution in [1.82, 2.24) is 5.48 Å². The van der Waals surface area contributed by atoms with Crippen LogP contribution < -0.4 is 5.48 Å². The minimum atomic E-state index is -0.203. The molecule has 0 aliphatic rings. The van der Waals surface area contributed by atoms with E-state index in [0.29, 0.717) is 6.54 Å². The summed E-state index contributed by atoms with van der Waals surface area (Å²) >= 11 is 1.52. The molecule has 0 amide bonds. The van der Waals surface area contributed by atoms with Gasteiger partial charge in [-0.2, -0.15) is 5.48 Å². The number of hydrogen-bond acceptors (Lipinski definition) is 3. The van der Waals surface area contributed by atoms with Gasteiger partial charge in [-0.05, 0) is 24.0 Å². The minimum absolute atomic E-state index is 0.203. The lowest BCUT2D eigenvalue weighted by Crippen LogP contribution is -2.11. The predicted molar refractivity (Wildman–Crippen MR) is 52.0 cm³/mol. The Kier molecular flexibility index (Phi) is 4.21. The van der Waals surface area contributed by atoms with E-state index in [1.807, 2.05) is 6.26 Å². The average molecular weight is 201 g/mol. The van der Waals surface area contributed by atoms with Crippen molar-refractivity contribution in [2.45, 2.75) is 11.4 Å². The first-order chi connectivity index (χ1) is 6.27. The van der Waals surface area contributed by atoms with E-state index in [9.17, 15) is 4.39 Å². The van der Waals surface area contributed by atoms with Gasteiger partial charge < -0.3 is 4.84 Å². The van der Waals surface area contributed by atoms with E-state index in [4.69, 9.17) is 4.84 Å². The zero-order chi connectivity index (χ0) is 9.68. The maximum atomic E-state index is 12.8. The van der Waals surface area contributed by atoms with E-state index in [-0.39, 0.29) is 5.82 Å². The van der Waals surface area contributed by atoms with Gasteiger partial charge in [0, 0.05) is 11.4 Å². The minimum Gasteiger partial charge on any atom is -0.305 e. The molecule has 0 bridgehead atoms. The lowest BCUT2D eigenvalue weighted by atomic mass is 10.2. The van der Waals surface area contributed by atoms with Crippen LogP contribution >= 0.6 is 11.8 Å². The van der Waals surface area contributed by atoms with E-state index in [0.717, 1.165) is 10.5 Å². The Balaban J connectivity index is 2.79. The van der Waals surface area contributed by atoms with Gasteiger partial charge in [-0.3, -0.25) is 0 Å². The normalized spacial score (nSPS) is 10.4. The van der Waals surface area contributed by atoms with Gasteiger partial charge in [-0.15, -0.1) is 11.8 Å². The van der Waals surface area contributed by atoms with Crippen LogP contribution in [0.4, 0.5) is 4.39 Å². The summed E-state index contributed by atoms with van der Waals surface area (Å²) in [6.45, 7) is 0.590. The van der Waals surface area contributed by atoms with Gasteiger partial charge in [0.25, 0.3) is 0 Å². The van der Waals surface area contributed by atoms with Crippen molar-refractivity contribution in [3.8, 4) is 0 Å². The van der Waals surface area contributed by atoms with Gasteiger partial charge in [-0.1, -0.05) is 6.07 Å². The van der Waals surface area contributed by atoms with Crippen molar-refractivity contribution in [3.05, 3.63) is 29.6 Å². The summed E-state index contributed by atoms with van der Waals surface area (Å²) < 4.78 is 12.8. The fourth-order valence-electron chi connectivity index (χ4n) is 1.01. The van der Waals surface area contributed by atoms with Crippen LogP contribution in [-0.4, -0.2) is 13.4 Å². The molecule has 0 aliphatic heterocycles. The summed E-state index contributed by atoms with van der Waals surface area (Å²) in [5.74, 6) is -0.203. The molecule has 0 aromatic heterocycles. The van der Waals surface area contributed by atoms with Crippen LogP contribution in [0.3, 0.4) is 0 Å². The predicted octanol–water partition coefficient (Wildman–Crippen LogP) is 2.20. The second-order valence-electron chi connectivity index (χ2n) is 2.48. The Bertz CT molecular complexity index is 280. The van der Waals surface area contributed by atoms with Crippen LogP contribution in [0, 0.1) is 5.82 Å². The highest BCUT2D eigenvalue weighted by Crippen LogP contribution is 2.21. The van der Waals surface area contributed by atoms with Crippen molar-refractivity contribution >= 4 is 11.8 Å². The second-order valence-corrected chi connectivity index (χ2v) is 3.33. The van der Waals surface area contributed by atoms with E-state index < -0.39 is 0 Å². The smallest absolute Gasteiger partial charge is 0.124 e. The van der Waals surface area contributed by atoms with E-state index in [1.165, 1.54) is 23.9 Å². The van der Waals surface area contributed by atoms with Crippen LogP contribution in [0.15, 0.2) is 23.1 Å². The number of hydrogen-bond donors (Lipinski definition) is 1. The highest BCUT2D eigenvalue weighted by molar-refractivity contribution is 7.98. The molecular weight excluding hydrogens is 189 g/mol. The largest absolute Gasteiger partial charge is 0.305 e. The fraction of sp³-hybridized carbons (Fsp3) is 0.333. The first-order valence-electron chi connectivity index (χ1n) is 3.86. The molecule has 0 fully saturated rings. The molecule has 0 heterocycles. The molecule has 0 spiro atoms. The maximum absolute atomic E-state index is 12.8. The van der Waals surface area contributed by atoms with Crippen molar-refractivity contribution in [1.29, 1.82) is 0 Å². The van der Waals surface area contributed by atoms with E-state index >= 15 is 0 Å². The van der Waals surface area contributed by atoms with Gasteiger partial charge in [0.15, 0.2) is 0 Å². The first kappa shape index (κ1) is 10.5. The number of nitrogens with one attached hydrogen (secondary N) is 1. The molecule has 0 saturated heterocycles. The third kappa shape index (κ3) is 2.99. The molecule has 1 N–H and O–H groups in total. The van der Waals surface area contributed by atoms with Gasteiger partial charge in [-0.25, -0.2) is 4.39 Å². The summed E-state index contributed by atoms with van der Waals surface area (Å²) in [5, 5.41) is 0. The molecule has 1 aromatic rings. The zero-order valence-electron chi connectivity index (χ0n) is 7.63. The molecule has 4 heteroatoms. The van der Waals surface area contributed by atoms with Gasteiger partial charge in [0.2, 0.25) is 0 Å². The lowest BCUT2D eigenvalue weighted by molar-refractivity contribution is 0.0862. The number of rotatable bonds is 4. The lowest BCUT2D eigenvalue weighted by Gasteiger charge is -2.07. The first-order valence-corrected chi connectivity index (χ1v) is 5.08. The highest BCUT2D eigenvalue weighted by Gasteiger charge is 2.02. The van der Waals surface area contributed by atoms with Crippen LogP contribution in [0.25, 0.3) is 0 Å². The standard InChI is InChI=1S/C9H12FNOS/c1-12-11-6-7-3-4-8(10)5-9(7)13-2/h3-5,11H,6H2,1-2H3. The second kappa shape index (κ2) is 5.21. The SMILES string of the molecule is CONCc1ccc(F)cc1SC. The molecule has 0 radical (unpaired) electrons. The zero-order valence-corrected chi connectivity index (χ0v) is 8.45. The summed E-state index contributed by atoms with van der Waals surface area (Å²) in [6, 6.07) is 4.73. The number of hydroxylamine groups is 1. The Labute approximate surface area is 81.4 Å². The van der Waals surface area contributed by atoms with Crippen LogP contribution in [0.1, 0.15) is 5.56 Å². The molecule has 1 aromatic carbocycles. The van der Waals surface area contributed by atoms with Crippen molar-refractivity contribution in [2.24, 2.45) is 0 Å². The molecule has 1 rings (SSSR count). The van der Waals surface area contributed by atoms with Crippen molar-refractivity contribution in [3.63, 3.8) is 0 Å². The number of halogens is 1. The van der Waals surface area contributed by atoms with Crippen LogP contribution in [0.5, 0.6) is 0 Å². The third-order valence-corrected chi connectivity index (χ3v) is 2.48. The quantitative estimate of drug-likeness (QED) is 0.596. The van der Waals surface area contributed by atoms with Crippen LogP contribution in [-0.2, 0) is 11.4 Å². The average Bonchev–Trinajstić information content (AvgIpc) is 2.16. The number of thioether (sulfide) groups is 1. The summed E-state index contributed by atoms with van der Waals surface area (Å²) in [5.41, 5.74) is 3.76. The maximum Gasteiger partial charge on any atom is 0.124 e. The highest BCUT2D eigenvalue weighted by atomic mass is 32.2. The molecule has 0 atom stereocenters. The molecular formula is C9H12FNOS. The van der Waals surface area contributed by atoms with Crippen molar-refractivity contribution in [2.75, 3.05) is 13.4 Å². The topological polar surface area (TPSA) is 21.3 Å². The monoisotopic (exact) mass is 201 g/mol. The Hall–Kier alpha value is -0.580. The molecule has 0 aliphatic carbocycles. The Morgan fingerprint density at radius 3 is 2.92 bits per heavy atom.